The normalized spacial score (nSPS) is 22.5. The van der Waals surface area contributed by atoms with Gasteiger partial charge in [-0.3, -0.25) is 9.78 Å². The summed E-state index contributed by atoms with van der Waals surface area (Å²) >= 11 is 5.90. The van der Waals surface area contributed by atoms with E-state index in [0.717, 1.165) is 0 Å². The van der Waals surface area contributed by atoms with Gasteiger partial charge in [0, 0.05) is 23.0 Å². The van der Waals surface area contributed by atoms with Crippen molar-refractivity contribution in [2.75, 3.05) is 6.61 Å². The second-order valence-electron chi connectivity index (χ2n) is 8.55. The molecule has 0 bridgehead atoms. The lowest BCUT2D eigenvalue weighted by atomic mass is 9.83. The molecule has 4 rings (SSSR count). The number of carboxylic acids is 1. The molecular weight excluding hydrogens is 534 g/mol. The number of aromatic nitrogens is 1. The van der Waals surface area contributed by atoms with Crippen LogP contribution in [0, 0.1) is 32.6 Å². The van der Waals surface area contributed by atoms with Crippen LogP contribution in [-0.4, -0.2) is 45.1 Å². The summed E-state index contributed by atoms with van der Waals surface area (Å²) in [5.41, 5.74) is -4.06. The Kier molecular flexibility index (Phi) is 6.95. The fourth-order valence-corrected chi connectivity index (χ4v) is 4.64. The molecule has 1 saturated carbocycles. The molecule has 3 aromatic rings. The Morgan fingerprint density at radius 3 is 2.55 bits per heavy atom. The average molecular weight is 552 g/mol. The van der Waals surface area contributed by atoms with E-state index in [1.54, 1.807) is 6.92 Å². The Morgan fingerprint density at radius 1 is 1.21 bits per heavy atom. The molecule has 15 nitrogen and oxygen atoms in total. The van der Waals surface area contributed by atoms with Crippen molar-refractivity contribution < 1.29 is 48.4 Å². The number of furan rings is 1. The number of pyridine rings is 1. The van der Waals surface area contributed by atoms with E-state index in [0.29, 0.717) is 16.5 Å². The number of ether oxygens (including phenoxy) is 2. The highest BCUT2D eigenvalue weighted by Crippen LogP contribution is 2.54. The summed E-state index contributed by atoms with van der Waals surface area (Å²) in [5, 5.41) is 31.6. The topological polar surface area (TPSA) is 204 Å². The number of fused-ring (bicyclic) bond motifs is 1. The van der Waals surface area contributed by atoms with E-state index < -0.39 is 58.9 Å². The first-order chi connectivity index (χ1) is 18.0. The molecular formula is C22H18ClN3O12. The highest BCUT2D eigenvalue weighted by molar-refractivity contribution is 6.30. The zero-order valence-corrected chi connectivity index (χ0v) is 20.2. The van der Waals surface area contributed by atoms with Gasteiger partial charge in [0.15, 0.2) is 11.4 Å². The number of rotatable bonds is 9. The van der Waals surface area contributed by atoms with E-state index in [1.165, 1.54) is 43.0 Å². The van der Waals surface area contributed by atoms with Crippen molar-refractivity contribution in [2.24, 2.45) is 5.41 Å². The zero-order chi connectivity index (χ0) is 27.7. The van der Waals surface area contributed by atoms with Gasteiger partial charge >= 0.3 is 12.1 Å². The van der Waals surface area contributed by atoms with Crippen LogP contribution in [0.15, 0.2) is 47.4 Å². The van der Waals surface area contributed by atoms with Crippen LogP contribution in [0.25, 0.3) is 10.8 Å². The maximum atomic E-state index is 12.6. The zero-order valence-electron chi connectivity index (χ0n) is 19.4. The van der Waals surface area contributed by atoms with Gasteiger partial charge in [-0.1, -0.05) is 23.7 Å². The van der Waals surface area contributed by atoms with Crippen molar-refractivity contribution in [3.8, 4) is 5.75 Å². The number of aliphatic carboxylic acids is 1. The van der Waals surface area contributed by atoms with Crippen molar-refractivity contribution in [3.05, 3.63) is 79.5 Å². The number of hydrogen-bond donors (Lipinski definition) is 1. The maximum Gasteiger partial charge on any atom is 0.513 e. The molecule has 3 atom stereocenters. The molecule has 1 aliphatic carbocycles. The highest BCUT2D eigenvalue weighted by Gasteiger charge is 2.64. The highest BCUT2D eigenvalue weighted by atomic mass is 35.5. The Balaban J connectivity index is 1.65. The third-order valence-corrected chi connectivity index (χ3v) is 6.50. The van der Waals surface area contributed by atoms with Crippen LogP contribution in [0.4, 0.5) is 4.79 Å². The minimum absolute atomic E-state index is 0.00973. The molecule has 1 N–H and O–H groups in total. The van der Waals surface area contributed by atoms with Crippen molar-refractivity contribution in [2.45, 2.75) is 31.5 Å². The standard InChI is InChI=1S/C22H18ClN3O12/c1-12-18(16-9-34-8-13(16)7-24-12)36-20(29)35-11-21(19(27)28)6-17(37-25(30)31)22(10-21,38-26(32)33)14-2-4-15(23)5-3-14/h2-5,7-9,17H,6,10-11H2,1H3,(H,27,28)/t17-,21-,22+/m0/s1. The van der Waals surface area contributed by atoms with E-state index in [1.807, 2.05) is 0 Å². The lowest BCUT2D eigenvalue weighted by Gasteiger charge is -2.32. The van der Waals surface area contributed by atoms with Gasteiger partial charge in [-0.2, -0.15) is 0 Å². The first-order valence-electron chi connectivity index (χ1n) is 10.8. The van der Waals surface area contributed by atoms with Crippen molar-refractivity contribution in [1.82, 2.24) is 4.98 Å². The van der Waals surface area contributed by atoms with Crippen LogP contribution in [0.3, 0.4) is 0 Å². The van der Waals surface area contributed by atoms with Crippen LogP contribution in [0.2, 0.25) is 5.02 Å². The number of carbonyl (C=O) groups excluding carboxylic acids is 1. The van der Waals surface area contributed by atoms with Crippen LogP contribution in [0.5, 0.6) is 5.75 Å². The summed E-state index contributed by atoms with van der Waals surface area (Å²) < 4.78 is 15.4. The molecule has 200 valence electrons. The molecule has 0 amide bonds. The van der Waals surface area contributed by atoms with Gasteiger partial charge < -0.3 is 28.7 Å². The number of carbonyl (C=O) groups is 2. The molecule has 2 aromatic heterocycles. The van der Waals surface area contributed by atoms with Crippen LogP contribution < -0.4 is 4.74 Å². The van der Waals surface area contributed by atoms with E-state index in [-0.39, 0.29) is 16.3 Å². The molecule has 1 aliphatic rings. The van der Waals surface area contributed by atoms with Gasteiger partial charge in [-0.05, 0) is 31.0 Å². The third kappa shape index (κ3) is 4.95. The molecule has 16 heteroatoms. The van der Waals surface area contributed by atoms with E-state index in [2.05, 4.69) is 9.82 Å². The number of halogens is 1. The predicted octanol–water partition coefficient (Wildman–Crippen LogP) is 3.85. The summed E-state index contributed by atoms with van der Waals surface area (Å²) in [6.07, 6.45) is -0.324. The monoisotopic (exact) mass is 551 g/mol. The Hall–Kier alpha value is -4.66. The van der Waals surface area contributed by atoms with Gasteiger partial charge in [0.25, 0.3) is 10.2 Å². The Morgan fingerprint density at radius 2 is 1.92 bits per heavy atom. The number of carboxylic acid groups (broad SMARTS) is 1. The molecule has 1 aromatic carbocycles. The van der Waals surface area contributed by atoms with E-state index in [4.69, 9.17) is 30.3 Å². The lowest BCUT2D eigenvalue weighted by molar-refractivity contribution is -0.811. The van der Waals surface area contributed by atoms with Crippen LogP contribution >= 0.6 is 11.6 Å². The summed E-state index contributed by atoms with van der Waals surface area (Å²) in [7, 11) is 0. The summed E-state index contributed by atoms with van der Waals surface area (Å²) in [6, 6.07) is 5.26. The van der Waals surface area contributed by atoms with Crippen LogP contribution in [-0.2, 0) is 24.8 Å². The van der Waals surface area contributed by atoms with Crippen molar-refractivity contribution in [1.29, 1.82) is 0 Å². The number of hydrogen-bond acceptors (Lipinski definition) is 12. The van der Waals surface area contributed by atoms with Gasteiger partial charge in [0.1, 0.15) is 24.4 Å². The molecule has 0 aliphatic heterocycles. The van der Waals surface area contributed by atoms with Crippen molar-refractivity contribution in [3.63, 3.8) is 0 Å². The van der Waals surface area contributed by atoms with Crippen molar-refractivity contribution >= 4 is 34.5 Å². The first kappa shape index (κ1) is 26.4. The van der Waals surface area contributed by atoms with E-state index >= 15 is 0 Å². The maximum absolute atomic E-state index is 12.6. The average Bonchev–Trinajstić information content (AvgIpc) is 3.43. The van der Waals surface area contributed by atoms with Gasteiger partial charge in [-0.15, -0.1) is 20.2 Å². The van der Waals surface area contributed by atoms with E-state index in [9.17, 15) is 34.9 Å². The fourth-order valence-electron chi connectivity index (χ4n) is 4.52. The minimum atomic E-state index is -2.25. The number of nitrogens with zero attached hydrogens (tertiary/aromatic N) is 3. The van der Waals surface area contributed by atoms with Gasteiger partial charge in [0.2, 0.25) is 0 Å². The Bertz CT molecular complexity index is 1410. The Labute approximate surface area is 217 Å². The minimum Gasteiger partial charge on any atom is -0.481 e. The number of aryl methyl sites for hydroxylation is 1. The number of benzene rings is 1. The lowest BCUT2D eigenvalue weighted by Crippen LogP contribution is -2.42. The predicted molar refractivity (Wildman–Crippen MR) is 123 cm³/mol. The SMILES string of the molecule is Cc1ncc2cocc2c1OC(=O)OC[C@]1(C(=O)O)C[C@H](O[N+](=O)[O-])[C@](O[N+](=O)[O-])(c2ccc(Cl)cc2)C1. The van der Waals surface area contributed by atoms with Gasteiger partial charge in [0.05, 0.1) is 17.3 Å². The molecule has 0 saturated heterocycles. The smallest absolute Gasteiger partial charge is 0.481 e. The first-order valence-corrected chi connectivity index (χ1v) is 11.1. The molecule has 0 radical (unpaired) electrons. The molecule has 38 heavy (non-hydrogen) atoms. The fraction of sp³-hybridized carbons (Fsp3) is 0.318. The summed E-state index contributed by atoms with van der Waals surface area (Å²) in [6.45, 7) is 0.669. The summed E-state index contributed by atoms with van der Waals surface area (Å²) in [5.74, 6) is -1.56. The van der Waals surface area contributed by atoms with Crippen LogP contribution in [0.1, 0.15) is 24.1 Å². The quantitative estimate of drug-likeness (QED) is 0.228. The molecule has 1 fully saturated rings. The second-order valence-corrected chi connectivity index (χ2v) is 8.99. The second kappa shape index (κ2) is 10.0. The molecule has 0 unspecified atom stereocenters. The largest absolute Gasteiger partial charge is 0.513 e. The van der Waals surface area contributed by atoms with Gasteiger partial charge in [-0.25, -0.2) is 4.79 Å². The molecule has 2 heterocycles. The summed E-state index contributed by atoms with van der Waals surface area (Å²) in [4.78, 5) is 61.4. The third-order valence-electron chi connectivity index (χ3n) is 6.25. The molecule has 0 spiro atoms.